The first-order valence-corrected chi connectivity index (χ1v) is 9.20. The Labute approximate surface area is 157 Å². The number of nitrogens with zero attached hydrogens (tertiary/aromatic N) is 5. The van der Waals surface area contributed by atoms with Crippen LogP contribution in [0.5, 0.6) is 5.75 Å². The lowest BCUT2D eigenvalue weighted by Crippen LogP contribution is -1.99. The standard InChI is InChI=1S/C21H21N5O/c1-13-9-16(10-14(2)21(13)27-3)19-20(25-8-4-5-18(25)24-19)15-6-7-17-22-12-23-26(17)11-15/h6-7,9-12H,4-5,8H2,1-3H3. The third-order valence-corrected chi connectivity index (χ3v) is 5.31. The SMILES string of the molecule is COc1c(C)cc(-c2nc3n(c2-c2ccc4ncnn4c2)CCC3)cc1C. The summed E-state index contributed by atoms with van der Waals surface area (Å²) in [5.41, 5.74) is 7.51. The molecule has 0 amide bonds. The number of rotatable bonds is 3. The van der Waals surface area contributed by atoms with E-state index in [0.29, 0.717) is 0 Å². The zero-order valence-electron chi connectivity index (χ0n) is 15.7. The Morgan fingerprint density at radius 3 is 2.67 bits per heavy atom. The second-order valence-corrected chi connectivity index (χ2v) is 7.10. The first-order valence-electron chi connectivity index (χ1n) is 9.20. The molecule has 0 bridgehead atoms. The van der Waals surface area contributed by atoms with Crippen molar-refractivity contribution in [1.29, 1.82) is 0 Å². The highest BCUT2D eigenvalue weighted by Crippen LogP contribution is 2.38. The van der Waals surface area contributed by atoms with Crippen LogP contribution in [0, 0.1) is 13.8 Å². The summed E-state index contributed by atoms with van der Waals surface area (Å²) >= 11 is 0. The Bertz CT molecular complexity index is 1150. The van der Waals surface area contributed by atoms with E-state index in [-0.39, 0.29) is 0 Å². The fraction of sp³-hybridized carbons (Fsp3) is 0.286. The van der Waals surface area contributed by atoms with Gasteiger partial charge in [0.25, 0.3) is 0 Å². The van der Waals surface area contributed by atoms with Crippen LogP contribution in [0.4, 0.5) is 0 Å². The number of hydrogen-bond acceptors (Lipinski definition) is 4. The first kappa shape index (κ1) is 16.1. The van der Waals surface area contributed by atoms with Crippen LogP contribution in [0.3, 0.4) is 0 Å². The molecule has 0 unspecified atom stereocenters. The molecule has 27 heavy (non-hydrogen) atoms. The van der Waals surface area contributed by atoms with Gasteiger partial charge < -0.3 is 9.30 Å². The Kier molecular flexibility index (Phi) is 3.53. The van der Waals surface area contributed by atoms with Crippen molar-refractivity contribution in [3.05, 3.63) is 53.7 Å². The van der Waals surface area contributed by atoms with Crippen LogP contribution in [0.25, 0.3) is 28.2 Å². The van der Waals surface area contributed by atoms with Crippen LogP contribution in [0.1, 0.15) is 23.4 Å². The lowest BCUT2D eigenvalue weighted by atomic mass is 10.0. The van der Waals surface area contributed by atoms with E-state index < -0.39 is 0 Å². The Balaban J connectivity index is 1.74. The largest absolute Gasteiger partial charge is 0.496 e. The molecule has 1 aliphatic heterocycles. The average Bonchev–Trinajstić information content (AvgIpc) is 3.36. The second kappa shape index (κ2) is 5.94. The predicted molar refractivity (Wildman–Crippen MR) is 104 cm³/mol. The molecular formula is C21H21N5O. The van der Waals surface area contributed by atoms with Crippen molar-refractivity contribution in [2.45, 2.75) is 33.2 Å². The summed E-state index contributed by atoms with van der Waals surface area (Å²) in [5, 5.41) is 4.30. The predicted octanol–water partition coefficient (Wildman–Crippen LogP) is 3.83. The molecule has 5 rings (SSSR count). The number of imidazole rings is 1. The summed E-state index contributed by atoms with van der Waals surface area (Å²) in [6.07, 6.45) is 5.78. The van der Waals surface area contributed by atoms with Gasteiger partial charge in [0.1, 0.15) is 17.9 Å². The highest BCUT2D eigenvalue weighted by molar-refractivity contribution is 5.80. The third-order valence-electron chi connectivity index (χ3n) is 5.31. The van der Waals surface area contributed by atoms with Gasteiger partial charge in [0.05, 0.1) is 18.5 Å². The number of ether oxygens (including phenoxy) is 1. The van der Waals surface area contributed by atoms with Crippen molar-refractivity contribution in [2.75, 3.05) is 7.11 Å². The molecule has 4 heterocycles. The smallest absolute Gasteiger partial charge is 0.155 e. The molecule has 0 N–H and O–H groups in total. The van der Waals surface area contributed by atoms with Gasteiger partial charge >= 0.3 is 0 Å². The summed E-state index contributed by atoms with van der Waals surface area (Å²) in [7, 11) is 1.72. The minimum atomic E-state index is 0.845. The van der Waals surface area contributed by atoms with E-state index in [1.807, 2.05) is 16.8 Å². The zero-order chi connectivity index (χ0) is 18.5. The van der Waals surface area contributed by atoms with Crippen molar-refractivity contribution < 1.29 is 4.74 Å². The van der Waals surface area contributed by atoms with Crippen molar-refractivity contribution in [1.82, 2.24) is 24.1 Å². The molecule has 0 saturated carbocycles. The Morgan fingerprint density at radius 1 is 1.07 bits per heavy atom. The highest BCUT2D eigenvalue weighted by atomic mass is 16.5. The van der Waals surface area contributed by atoms with Crippen molar-refractivity contribution in [3.8, 4) is 28.3 Å². The van der Waals surface area contributed by atoms with Crippen LogP contribution in [-0.2, 0) is 13.0 Å². The van der Waals surface area contributed by atoms with Gasteiger partial charge in [-0.05, 0) is 55.7 Å². The van der Waals surface area contributed by atoms with Crippen molar-refractivity contribution in [3.63, 3.8) is 0 Å². The van der Waals surface area contributed by atoms with Crippen molar-refractivity contribution in [2.24, 2.45) is 0 Å². The third kappa shape index (κ3) is 2.44. The number of pyridine rings is 1. The molecule has 1 aliphatic rings. The summed E-state index contributed by atoms with van der Waals surface area (Å²) < 4.78 is 9.71. The number of aryl methyl sites for hydroxylation is 3. The fourth-order valence-electron chi connectivity index (χ4n) is 4.19. The number of hydrogen-bond donors (Lipinski definition) is 0. The molecule has 136 valence electrons. The molecule has 3 aromatic heterocycles. The van der Waals surface area contributed by atoms with Crippen LogP contribution in [-0.4, -0.2) is 31.3 Å². The molecule has 0 spiro atoms. The van der Waals surface area contributed by atoms with Gasteiger partial charge in [-0.2, -0.15) is 5.10 Å². The number of benzene rings is 1. The fourth-order valence-corrected chi connectivity index (χ4v) is 4.19. The van der Waals surface area contributed by atoms with Gasteiger partial charge in [-0.3, -0.25) is 0 Å². The maximum Gasteiger partial charge on any atom is 0.155 e. The van der Waals surface area contributed by atoms with E-state index in [1.165, 1.54) is 0 Å². The summed E-state index contributed by atoms with van der Waals surface area (Å²) in [6.45, 7) is 5.17. The molecule has 0 atom stereocenters. The first-order chi connectivity index (χ1) is 13.2. The highest BCUT2D eigenvalue weighted by Gasteiger charge is 2.24. The van der Waals surface area contributed by atoms with E-state index in [9.17, 15) is 0 Å². The average molecular weight is 359 g/mol. The van der Waals surface area contributed by atoms with E-state index >= 15 is 0 Å². The molecule has 6 heteroatoms. The normalized spacial score (nSPS) is 13.3. The van der Waals surface area contributed by atoms with Crippen LogP contribution in [0.2, 0.25) is 0 Å². The van der Waals surface area contributed by atoms with Gasteiger partial charge in [-0.15, -0.1) is 0 Å². The zero-order valence-corrected chi connectivity index (χ0v) is 15.7. The maximum absolute atomic E-state index is 5.54. The van der Waals surface area contributed by atoms with Crippen LogP contribution < -0.4 is 4.74 Å². The number of methoxy groups -OCH3 is 1. The lowest BCUT2D eigenvalue weighted by molar-refractivity contribution is 0.408. The summed E-state index contributed by atoms with van der Waals surface area (Å²) in [6, 6.07) is 8.45. The molecule has 1 aromatic carbocycles. The lowest BCUT2D eigenvalue weighted by Gasteiger charge is -2.13. The van der Waals surface area contributed by atoms with Gasteiger partial charge in [0.15, 0.2) is 5.65 Å². The van der Waals surface area contributed by atoms with Gasteiger partial charge in [0, 0.05) is 30.3 Å². The van der Waals surface area contributed by atoms with Crippen LogP contribution in [0.15, 0.2) is 36.8 Å². The molecule has 0 fully saturated rings. The Hall–Kier alpha value is -3.15. The summed E-state index contributed by atoms with van der Waals surface area (Å²) in [5.74, 6) is 2.10. The topological polar surface area (TPSA) is 57.2 Å². The van der Waals surface area contributed by atoms with Crippen molar-refractivity contribution >= 4 is 5.65 Å². The molecule has 0 radical (unpaired) electrons. The maximum atomic E-state index is 5.54. The minimum Gasteiger partial charge on any atom is -0.496 e. The van der Waals surface area contributed by atoms with Gasteiger partial charge in [-0.25, -0.2) is 14.5 Å². The monoisotopic (exact) mass is 359 g/mol. The molecule has 6 nitrogen and oxygen atoms in total. The van der Waals surface area contributed by atoms with Gasteiger partial charge in [0.2, 0.25) is 0 Å². The Morgan fingerprint density at radius 2 is 1.89 bits per heavy atom. The van der Waals surface area contributed by atoms with E-state index in [0.717, 1.165) is 70.2 Å². The van der Waals surface area contributed by atoms with E-state index in [1.54, 1.807) is 13.4 Å². The van der Waals surface area contributed by atoms with E-state index in [2.05, 4.69) is 46.7 Å². The quantitative estimate of drug-likeness (QED) is 0.558. The van der Waals surface area contributed by atoms with E-state index in [4.69, 9.17) is 9.72 Å². The molecule has 4 aromatic rings. The minimum absolute atomic E-state index is 0.845. The van der Waals surface area contributed by atoms with Gasteiger partial charge in [-0.1, -0.05) is 0 Å². The number of fused-ring (bicyclic) bond motifs is 2. The number of aromatic nitrogens is 5. The molecular weight excluding hydrogens is 338 g/mol. The second-order valence-electron chi connectivity index (χ2n) is 7.10. The molecule has 0 aliphatic carbocycles. The summed E-state index contributed by atoms with van der Waals surface area (Å²) in [4.78, 5) is 9.27. The van der Waals surface area contributed by atoms with Crippen LogP contribution >= 0.6 is 0 Å². The molecule has 0 saturated heterocycles.